The summed E-state index contributed by atoms with van der Waals surface area (Å²) in [4.78, 5) is 10.9. The molecule has 0 amide bonds. The first-order chi connectivity index (χ1) is 13.1. The molecule has 10 heteroatoms. The van der Waals surface area contributed by atoms with Crippen molar-refractivity contribution in [2.75, 3.05) is 10.5 Å². The number of nitrogens with zero attached hydrogens (tertiary/aromatic N) is 1. The van der Waals surface area contributed by atoms with E-state index in [0.717, 1.165) is 0 Å². The summed E-state index contributed by atoms with van der Waals surface area (Å²) in [7, 11) is -3.47. The summed E-state index contributed by atoms with van der Waals surface area (Å²) in [6.07, 6.45) is -0.122. The number of halogens is 2. The molecule has 148 valence electrons. The predicted octanol–water partition coefficient (Wildman–Crippen LogP) is 4.05. The largest absolute Gasteiger partial charge is 0.487 e. The number of nitriles is 1. The normalized spacial score (nSPS) is 10.9. The minimum Gasteiger partial charge on any atom is -0.487 e. The van der Waals surface area contributed by atoms with Gasteiger partial charge in [0.2, 0.25) is 10.0 Å². The monoisotopic (exact) mass is 530 g/mol. The fraction of sp³-hybridized carbons (Fsp3) is 0.222. The molecule has 0 aliphatic rings. The molecule has 2 aromatic rings. The first-order valence-electron chi connectivity index (χ1n) is 8.00. The molecule has 28 heavy (non-hydrogen) atoms. The van der Waals surface area contributed by atoms with Gasteiger partial charge in [0, 0.05) is 0 Å². The van der Waals surface area contributed by atoms with Gasteiger partial charge in [0.25, 0.3) is 0 Å². The van der Waals surface area contributed by atoms with Gasteiger partial charge < -0.3 is 9.84 Å². The number of carboxylic acids is 1. The lowest BCUT2D eigenvalue weighted by atomic mass is 10.1. The van der Waals surface area contributed by atoms with E-state index in [1.165, 1.54) is 13.0 Å². The van der Waals surface area contributed by atoms with Crippen molar-refractivity contribution in [2.24, 2.45) is 0 Å². The summed E-state index contributed by atoms with van der Waals surface area (Å²) in [5.41, 5.74) is 1.78. The summed E-state index contributed by atoms with van der Waals surface area (Å²) >= 11 is 6.72. The second kappa shape index (κ2) is 9.41. The molecule has 0 atom stereocenters. The van der Waals surface area contributed by atoms with Crippen molar-refractivity contribution >= 4 is 53.5 Å². The van der Waals surface area contributed by atoms with E-state index in [0.29, 0.717) is 31.4 Å². The minimum atomic E-state index is -3.47. The van der Waals surface area contributed by atoms with Crippen molar-refractivity contribution in [3.8, 4) is 11.8 Å². The summed E-state index contributed by atoms with van der Waals surface area (Å²) in [5, 5.41) is 18.1. The van der Waals surface area contributed by atoms with Gasteiger partial charge in [-0.15, -0.1) is 0 Å². The summed E-state index contributed by atoms with van der Waals surface area (Å²) in [6.45, 7) is 1.59. The molecule has 2 N–H and O–H groups in total. The number of benzene rings is 2. The molecule has 0 heterocycles. The third-order valence-electron chi connectivity index (χ3n) is 3.57. The highest BCUT2D eigenvalue weighted by Gasteiger charge is 2.13. The maximum Gasteiger partial charge on any atom is 0.307 e. The lowest BCUT2D eigenvalue weighted by molar-refractivity contribution is -0.136. The number of hydrogen-bond acceptors (Lipinski definition) is 5. The Kier molecular flexibility index (Phi) is 7.46. The molecule has 7 nitrogen and oxygen atoms in total. The van der Waals surface area contributed by atoms with Gasteiger partial charge in [-0.1, -0.05) is 0 Å². The Morgan fingerprint density at radius 1 is 1.18 bits per heavy atom. The molecule has 0 bridgehead atoms. The van der Waals surface area contributed by atoms with Gasteiger partial charge in [0.1, 0.15) is 12.4 Å². The fourth-order valence-corrected chi connectivity index (χ4v) is 4.46. The van der Waals surface area contributed by atoms with E-state index in [-0.39, 0.29) is 24.5 Å². The predicted molar refractivity (Wildman–Crippen MR) is 112 cm³/mol. The SMILES string of the molecule is CCS(=O)(=O)Nc1cc(C#N)cc(COc2c(Br)cc(CC(=O)O)cc2Br)c1. The Morgan fingerprint density at radius 2 is 1.82 bits per heavy atom. The van der Waals surface area contributed by atoms with Gasteiger partial charge in [0.15, 0.2) is 0 Å². The Bertz CT molecular complexity index is 1030. The van der Waals surface area contributed by atoms with E-state index in [9.17, 15) is 18.5 Å². The van der Waals surface area contributed by atoms with Crippen LogP contribution in [0.5, 0.6) is 5.75 Å². The van der Waals surface area contributed by atoms with Gasteiger partial charge in [-0.25, -0.2) is 8.42 Å². The number of ether oxygens (including phenoxy) is 1. The van der Waals surface area contributed by atoms with Crippen LogP contribution in [0.2, 0.25) is 0 Å². The van der Waals surface area contributed by atoms with Crippen molar-refractivity contribution < 1.29 is 23.1 Å². The molecular weight excluding hydrogens is 516 g/mol. The number of hydrogen-bond donors (Lipinski definition) is 2. The summed E-state index contributed by atoms with van der Waals surface area (Å²) in [5.74, 6) is -0.562. The third-order valence-corrected chi connectivity index (χ3v) is 6.06. The van der Waals surface area contributed by atoms with Crippen molar-refractivity contribution in [1.29, 1.82) is 5.26 Å². The molecule has 0 saturated carbocycles. The van der Waals surface area contributed by atoms with Crippen LogP contribution >= 0.6 is 31.9 Å². The van der Waals surface area contributed by atoms with Crippen LogP contribution in [0, 0.1) is 11.3 Å². The van der Waals surface area contributed by atoms with E-state index < -0.39 is 16.0 Å². The quantitative estimate of drug-likeness (QED) is 0.530. The standard InChI is InChI=1S/C18H16Br2N2O5S/c1-2-28(25,26)22-14-4-12(9-21)3-13(5-14)10-27-18-15(19)6-11(7-16(18)20)8-17(23)24/h3-7,22H,2,8,10H2,1H3,(H,23,24). The molecule has 2 aromatic carbocycles. The summed E-state index contributed by atoms with van der Waals surface area (Å²) < 4.78 is 32.9. The number of sulfonamides is 1. The molecule has 0 fully saturated rings. The Labute approximate surface area is 179 Å². The van der Waals surface area contributed by atoms with Crippen LogP contribution in [0.1, 0.15) is 23.6 Å². The first kappa shape index (κ1) is 22.2. The molecule has 0 unspecified atom stereocenters. The highest BCUT2D eigenvalue weighted by atomic mass is 79.9. The third kappa shape index (κ3) is 6.22. The van der Waals surface area contributed by atoms with E-state index in [1.54, 1.807) is 24.3 Å². The van der Waals surface area contributed by atoms with Crippen molar-refractivity contribution in [3.63, 3.8) is 0 Å². The number of nitrogens with one attached hydrogen (secondary N) is 1. The minimum absolute atomic E-state index is 0.0752. The number of carbonyl (C=O) groups is 1. The van der Waals surface area contributed by atoms with Crippen LogP contribution in [0.25, 0.3) is 0 Å². The molecule has 0 radical (unpaired) electrons. The van der Waals surface area contributed by atoms with Gasteiger partial charge >= 0.3 is 5.97 Å². The first-order valence-corrected chi connectivity index (χ1v) is 11.2. The maximum atomic E-state index is 11.8. The average Bonchev–Trinajstić information content (AvgIpc) is 2.59. The topological polar surface area (TPSA) is 116 Å². The van der Waals surface area contributed by atoms with Gasteiger partial charge in [-0.05, 0) is 80.2 Å². The summed E-state index contributed by atoms with van der Waals surface area (Å²) in [6, 6.07) is 9.94. The van der Waals surface area contributed by atoms with Crippen LogP contribution in [-0.4, -0.2) is 25.2 Å². The van der Waals surface area contributed by atoms with Crippen LogP contribution in [0.4, 0.5) is 5.69 Å². The molecule has 0 spiro atoms. The fourth-order valence-electron chi connectivity index (χ4n) is 2.33. The number of rotatable bonds is 8. The molecule has 2 rings (SSSR count). The average molecular weight is 532 g/mol. The smallest absolute Gasteiger partial charge is 0.307 e. The number of anilines is 1. The second-order valence-electron chi connectivity index (χ2n) is 5.78. The lowest BCUT2D eigenvalue weighted by Gasteiger charge is -2.13. The molecule has 0 saturated heterocycles. The van der Waals surface area contributed by atoms with Crippen molar-refractivity contribution in [1.82, 2.24) is 0 Å². The van der Waals surface area contributed by atoms with E-state index in [1.807, 2.05) is 6.07 Å². The van der Waals surface area contributed by atoms with E-state index in [2.05, 4.69) is 36.6 Å². The van der Waals surface area contributed by atoms with Crippen LogP contribution in [-0.2, 0) is 27.8 Å². The number of aliphatic carboxylic acids is 1. The van der Waals surface area contributed by atoms with Crippen LogP contribution in [0.15, 0.2) is 39.3 Å². The highest BCUT2D eigenvalue weighted by molar-refractivity contribution is 9.11. The van der Waals surface area contributed by atoms with Crippen molar-refractivity contribution in [3.05, 3.63) is 56.0 Å². The van der Waals surface area contributed by atoms with Gasteiger partial charge in [-0.2, -0.15) is 5.26 Å². The molecule has 0 aliphatic carbocycles. The van der Waals surface area contributed by atoms with Gasteiger partial charge in [-0.3, -0.25) is 9.52 Å². The molecular formula is C18H16Br2N2O5S. The Balaban J connectivity index is 2.25. The zero-order chi connectivity index (χ0) is 20.9. The van der Waals surface area contributed by atoms with Crippen LogP contribution < -0.4 is 9.46 Å². The van der Waals surface area contributed by atoms with E-state index >= 15 is 0 Å². The Hall–Kier alpha value is -2.09. The van der Waals surface area contributed by atoms with E-state index in [4.69, 9.17) is 9.84 Å². The van der Waals surface area contributed by atoms with Crippen LogP contribution in [0.3, 0.4) is 0 Å². The van der Waals surface area contributed by atoms with Gasteiger partial charge in [0.05, 0.1) is 38.4 Å². The molecule has 0 aliphatic heterocycles. The lowest BCUT2D eigenvalue weighted by Crippen LogP contribution is -2.15. The number of carboxylic acid groups (broad SMARTS) is 1. The molecule has 0 aromatic heterocycles. The van der Waals surface area contributed by atoms with Crippen molar-refractivity contribution in [2.45, 2.75) is 20.0 Å². The zero-order valence-electron chi connectivity index (χ0n) is 14.7. The zero-order valence-corrected chi connectivity index (χ0v) is 18.7. The maximum absolute atomic E-state index is 11.8. The Morgan fingerprint density at radius 3 is 2.36 bits per heavy atom. The highest BCUT2D eigenvalue weighted by Crippen LogP contribution is 2.35. The second-order valence-corrected chi connectivity index (χ2v) is 9.50.